The normalized spacial score (nSPS) is 25.0. The Morgan fingerprint density at radius 3 is 2.48 bits per heavy atom. The number of nitrogens with one attached hydrogen (secondary N) is 1. The van der Waals surface area contributed by atoms with E-state index in [2.05, 4.69) is 0 Å². The van der Waals surface area contributed by atoms with Gasteiger partial charge in [0.2, 0.25) is 5.85 Å². The fourth-order valence-corrected chi connectivity index (χ4v) is 2.43. The van der Waals surface area contributed by atoms with Gasteiger partial charge in [0, 0.05) is 12.3 Å². The number of ether oxygens (including phenoxy) is 3. The molecule has 0 spiro atoms. The summed E-state index contributed by atoms with van der Waals surface area (Å²) in [5.74, 6) is -4.61. The van der Waals surface area contributed by atoms with E-state index >= 15 is 4.39 Å². The molecule has 1 saturated heterocycles. The number of carbonyl (C=O) groups excluding carboxylic acids is 2. The molecule has 150 valence electrons. The highest BCUT2D eigenvalue weighted by Gasteiger charge is 2.51. The molecule has 1 aromatic heterocycles. The van der Waals surface area contributed by atoms with Crippen LogP contribution in [-0.4, -0.2) is 40.1 Å². The Morgan fingerprint density at radius 2 is 1.93 bits per heavy atom. The predicted molar refractivity (Wildman–Crippen MR) is 90.4 cm³/mol. The Kier molecular flexibility index (Phi) is 6.19. The van der Waals surface area contributed by atoms with Gasteiger partial charge in [0.25, 0.3) is 5.56 Å². The molecule has 0 unspecified atom stereocenters. The van der Waals surface area contributed by atoms with Crippen LogP contribution in [-0.2, 0) is 23.8 Å². The number of carbonyl (C=O) groups is 2. The zero-order chi connectivity index (χ0) is 20.4. The van der Waals surface area contributed by atoms with Gasteiger partial charge in [0.15, 0.2) is 18.9 Å². The maximum absolute atomic E-state index is 15.1. The van der Waals surface area contributed by atoms with Gasteiger partial charge in [-0.2, -0.15) is 0 Å². The number of hydrogen-bond acceptors (Lipinski definition) is 7. The Balaban J connectivity index is 2.27. The molecule has 3 atom stereocenters. The van der Waals surface area contributed by atoms with E-state index in [4.69, 9.17) is 14.2 Å². The van der Waals surface area contributed by atoms with Gasteiger partial charge in [-0.15, -0.1) is 0 Å². The van der Waals surface area contributed by atoms with Crippen LogP contribution in [0.4, 0.5) is 4.39 Å². The minimum atomic E-state index is -2.45. The number of hydrogen-bond donors (Lipinski definition) is 1. The van der Waals surface area contributed by atoms with E-state index < -0.39 is 66.2 Å². The summed E-state index contributed by atoms with van der Waals surface area (Å²) in [6.45, 7) is 5.69. The van der Waals surface area contributed by atoms with Crippen LogP contribution in [0.2, 0.25) is 0 Å². The summed E-state index contributed by atoms with van der Waals surface area (Å²) in [6.07, 6.45) is -1.79. The van der Waals surface area contributed by atoms with Crippen molar-refractivity contribution in [2.75, 3.05) is 6.61 Å². The Labute approximate surface area is 154 Å². The van der Waals surface area contributed by atoms with E-state index in [1.807, 2.05) is 4.98 Å². The van der Waals surface area contributed by atoms with Crippen LogP contribution < -0.4 is 11.2 Å². The molecular weight excluding hydrogens is 363 g/mol. The molecule has 0 aliphatic carbocycles. The van der Waals surface area contributed by atoms with E-state index in [-0.39, 0.29) is 0 Å². The van der Waals surface area contributed by atoms with Crippen molar-refractivity contribution < 1.29 is 28.2 Å². The van der Waals surface area contributed by atoms with Crippen molar-refractivity contribution in [3.8, 4) is 0 Å². The molecule has 2 heterocycles. The van der Waals surface area contributed by atoms with Crippen molar-refractivity contribution in [2.24, 2.45) is 11.8 Å². The third kappa shape index (κ3) is 5.03. The maximum atomic E-state index is 15.1. The van der Waals surface area contributed by atoms with E-state index in [0.717, 1.165) is 16.8 Å². The Hall–Kier alpha value is -2.49. The SMILES string of the molecule is CC(C)C(=O)OC[C@]1(F)C[C@@H](OC(=O)C(C)C)[C@H](n2ccc(=O)[nH]c2=O)O1. The lowest BCUT2D eigenvalue weighted by Gasteiger charge is -2.22. The van der Waals surface area contributed by atoms with Crippen molar-refractivity contribution in [2.45, 2.75) is 52.3 Å². The average molecular weight is 386 g/mol. The summed E-state index contributed by atoms with van der Waals surface area (Å²) < 4.78 is 31.5. The molecule has 10 heteroatoms. The van der Waals surface area contributed by atoms with Gasteiger partial charge >= 0.3 is 17.6 Å². The van der Waals surface area contributed by atoms with Gasteiger partial charge in [-0.25, -0.2) is 9.18 Å². The quantitative estimate of drug-likeness (QED) is 0.722. The minimum absolute atomic E-state index is 0.437. The van der Waals surface area contributed by atoms with Crippen LogP contribution >= 0.6 is 0 Å². The molecule has 2 rings (SSSR count). The molecule has 1 aliphatic rings. The fourth-order valence-electron chi connectivity index (χ4n) is 2.43. The van der Waals surface area contributed by atoms with Crippen LogP contribution in [0.5, 0.6) is 0 Å². The highest BCUT2D eigenvalue weighted by molar-refractivity contribution is 5.72. The van der Waals surface area contributed by atoms with E-state index in [0.29, 0.717) is 0 Å². The lowest BCUT2D eigenvalue weighted by molar-refractivity contribution is -0.198. The molecule has 1 aliphatic heterocycles. The Bertz CT molecular complexity index is 816. The number of halogens is 1. The number of aromatic nitrogens is 2. The number of H-pyrrole nitrogens is 1. The van der Waals surface area contributed by atoms with Crippen LogP contribution in [0, 0.1) is 11.8 Å². The zero-order valence-corrected chi connectivity index (χ0v) is 15.6. The topological polar surface area (TPSA) is 117 Å². The van der Waals surface area contributed by atoms with Gasteiger partial charge in [-0.1, -0.05) is 27.7 Å². The molecule has 0 saturated carbocycles. The van der Waals surface area contributed by atoms with Gasteiger partial charge in [-0.3, -0.25) is 23.9 Å². The molecule has 0 bridgehead atoms. The smallest absolute Gasteiger partial charge is 0.330 e. The first-order chi connectivity index (χ1) is 12.5. The summed E-state index contributed by atoms with van der Waals surface area (Å²) in [5.41, 5.74) is -1.48. The predicted octanol–water partition coefficient (Wildman–Crippen LogP) is 0.888. The summed E-state index contributed by atoms with van der Waals surface area (Å²) in [6, 6.07) is 1.06. The van der Waals surface area contributed by atoms with Crippen molar-refractivity contribution in [1.82, 2.24) is 9.55 Å². The molecule has 9 nitrogen and oxygen atoms in total. The van der Waals surface area contributed by atoms with Gasteiger partial charge in [0.05, 0.1) is 18.3 Å². The standard InChI is InChI=1S/C17H23FN2O7/c1-9(2)14(22)25-8-17(18)7-11(26-15(23)10(3)4)13(27-17)20-6-5-12(21)19-16(20)24/h5-6,9-11,13H,7-8H2,1-4H3,(H,19,21,24)/t11-,13-,17+/m1/s1. The van der Waals surface area contributed by atoms with Crippen molar-refractivity contribution in [1.29, 1.82) is 0 Å². The molecular formula is C17H23FN2O7. The van der Waals surface area contributed by atoms with Crippen molar-refractivity contribution in [3.05, 3.63) is 33.1 Å². The van der Waals surface area contributed by atoms with E-state index in [9.17, 15) is 19.2 Å². The second-order valence-corrected chi connectivity index (χ2v) is 7.01. The van der Waals surface area contributed by atoms with Crippen LogP contribution in [0.15, 0.2) is 21.9 Å². The Morgan fingerprint density at radius 1 is 1.30 bits per heavy atom. The first-order valence-corrected chi connectivity index (χ1v) is 8.58. The third-order valence-electron chi connectivity index (χ3n) is 3.92. The summed E-state index contributed by atoms with van der Waals surface area (Å²) >= 11 is 0. The molecule has 0 radical (unpaired) electrons. The molecule has 0 aromatic carbocycles. The molecule has 1 fully saturated rings. The summed E-state index contributed by atoms with van der Waals surface area (Å²) in [5, 5.41) is 0. The fraction of sp³-hybridized carbons (Fsp3) is 0.647. The molecule has 0 amide bonds. The van der Waals surface area contributed by atoms with Gasteiger partial charge < -0.3 is 14.2 Å². The van der Waals surface area contributed by atoms with Crippen molar-refractivity contribution in [3.63, 3.8) is 0 Å². The first kappa shape index (κ1) is 20.8. The number of nitrogens with zero attached hydrogens (tertiary/aromatic N) is 1. The summed E-state index contributed by atoms with van der Waals surface area (Å²) in [7, 11) is 0. The van der Waals surface area contributed by atoms with Gasteiger partial charge in [-0.05, 0) is 0 Å². The van der Waals surface area contributed by atoms with Crippen LogP contribution in [0.25, 0.3) is 0 Å². The highest BCUT2D eigenvalue weighted by atomic mass is 19.2. The third-order valence-corrected chi connectivity index (χ3v) is 3.92. The highest BCUT2D eigenvalue weighted by Crippen LogP contribution is 2.39. The minimum Gasteiger partial charge on any atom is -0.459 e. The number of esters is 2. The van der Waals surface area contributed by atoms with E-state index in [1.54, 1.807) is 27.7 Å². The van der Waals surface area contributed by atoms with E-state index in [1.165, 1.54) is 0 Å². The average Bonchev–Trinajstić information content (AvgIpc) is 2.89. The second kappa shape index (κ2) is 8.03. The summed E-state index contributed by atoms with van der Waals surface area (Å²) in [4.78, 5) is 48.9. The second-order valence-electron chi connectivity index (χ2n) is 7.01. The van der Waals surface area contributed by atoms with Crippen molar-refractivity contribution >= 4 is 11.9 Å². The molecule has 1 N–H and O–H groups in total. The number of rotatable bonds is 6. The van der Waals surface area contributed by atoms with Crippen LogP contribution in [0.1, 0.15) is 40.3 Å². The lowest BCUT2D eigenvalue weighted by atomic mass is 10.1. The lowest BCUT2D eigenvalue weighted by Crippen LogP contribution is -2.37. The number of alkyl halides is 1. The zero-order valence-electron chi connectivity index (χ0n) is 15.6. The number of aromatic amines is 1. The van der Waals surface area contributed by atoms with Crippen LogP contribution in [0.3, 0.4) is 0 Å². The largest absolute Gasteiger partial charge is 0.459 e. The monoisotopic (exact) mass is 386 g/mol. The maximum Gasteiger partial charge on any atom is 0.330 e. The first-order valence-electron chi connectivity index (χ1n) is 8.58. The molecule has 27 heavy (non-hydrogen) atoms. The van der Waals surface area contributed by atoms with Gasteiger partial charge in [0.1, 0.15) is 0 Å². The molecule has 1 aromatic rings.